The van der Waals surface area contributed by atoms with Crippen molar-refractivity contribution >= 4 is 28.5 Å². The van der Waals surface area contributed by atoms with E-state index in [1.54, 1.807) is 12.1 Å². The molecule has 0 saturated heterocycles. The van der Waals surface area contributed by atoms with Crippen molar-refractivity contribution in [2.75, 3.05) is 12.4 Å². The van der Waals surface area contributed by atoms with Gasteiger partial charge in [0.2, 0.25) is 0 Å². The van der Waals surface area contributed by atoms with E-state index in [0.717, 1.165) is 29.0 Å². The number of carbonyl (C=O) groups is 2. The number of benzene rings is 3. The zero-order valence-corrected chi connectivity index (χ0v) is 17.0. The fourth-order valence-electron chi connectivity index (χ4n) is 3.14. The van der Waals surface area contributed by atoms with Crippen LogP contribution < -0.4 is 10.8 Å². The number of nitrogens with one attached hydrogen (secondary N) is 2. The summed E-state index contributed by atoms with van der Waals surface area (Å²) in [5, 5.41) is 22.5. The van der Waals surface area contributed by atoms with Gasteiger partial charge in [-0.2, -0.15) is 0 Å². The normalized spacial score (nSPS) is 13.0. The molecule has 3 aromatic rings. The smallest absolute Gasteiger partial charge is 0.412 e. The summed E-state index contributed by atoms with van der Waals surface area (Å²) in [5.41, 5.74) is 2.12. The predicted octanol–water partition coefficient (Wildman–Crippen LogP) is 4.05. The Kier molecular flexibility index (Phi) is 7.37. The van der Waals surface area contributed by atoms with E-state index in [2.05, 4.69) is 5.32 Å². The fraction of sp³-hybridized carbons (Fsp3) is 0.130. The number of phenolic OH excluding ortho intramolecular Hbond substituents is 1. The maximum absolute atomic E-state index is 14.0. The molecular formula is C23H21FN2O6. The van der Waals surface area contributed by atoms with Crippen molar-refractivity contribution in [1.29, 1.82) is 0 Å². The second kappa shape index (κ2) is 10.4. The number of halogens is 1. The number of ether oxygens (including phenoxy) is 2. The Morgan fingerprint density at radius 2 is 1.84 bits per heavy atom. The lowest BCUT2D eigenvalue weighted by molar-refractivity contribution is -0.124. The molecule has 0 aliphatic heterocycles. The Bertz CT molecular complexity index is 1150. The van der Waals surface area contributed by atoms with Gasteiger partial charge in [-0.25, -0.2) is 14.7 Å². The van der Waals surface area contributed by atoms with E-state index in [0.29, 0.717) is 5.69 Å². The number of anilines is 1. The number of fused-ring (bicyclic) bond motifs is 1. The molecular weight excluding hydrogens is 419 g/mol. The zero-order valence-electron chi connectivity index (χ0n) is 17.0. The number of carbonyl (C=O) groups excluding carboxylic acids is 2. The van der Waals surface area contributed by atoms with Crippen LogP contribution in [0, 0.1) is 5.82 Å². The van der Waals surface area contributed by atoms with Crippen molar-refractivity contribution in [3.63, 3.8) is 0 Å². The molecule has 8 nitrogen and oxygen atoms in total. The molecule has 4 N–H and O–H groups in total. The van der Waals surface area contributed by atoms with Crippen LogP contribution in [0.4, 0.5) is 14.9 Å². The Hall–Kier alpha value is -3.95. The molecule has 3 rings (SSSR count). The summed E-state index contributed by atoms with van der Waals surface area (Å²) in [6.45, 7) is 0. The first kappa shape index (κ1) is 22.7. The monoisotopic (exact) mass is 440 g/mol. The highest BCUT2D eigenvalue weighted by molar-refractivity contribution is 6.00. The van der Waals surface area contributed by atoms with Gasteiger partial charge in [0.15, 0.2) is 17.7 Å². The summed E-state index contributed by atoms with van der Waals surface area (Å²) in [5.74, 6) is -2.32. The van der Waals surface area contributed by atoms with Gasteiger partial charge in [-0.15, -0.1) is 0 Å². The van der Waals surface area contributed by atoms with Gasteiger partial charge in [-0.1, -0.05) is 42.5 Å². The minimum Gasteiger partial charge on any atom is -0.505 e. The van der Waals surface area contributed by atoms with Gasteiger partial charge in [-0.05, 0) is 35.2 Å². The molecule has 3 aromatic carbocycles. The third-order valence-corrected chi connectivity index (χ3v) is 4.68. The molecule has 0 aliphatic rings. The molecule has 32 heavy (non-hydrogen) atoms. The van der Waals surface area contributed by atoms with E-state index >= 15 is 0 Å². The first-order valence-corrected chi connectivity index (χ1v) is 9.51. The molecule has 2 atom stereocenters. The highest BCUT2D eigenvalue weighted by Crippen LogP contribution is 2.29. The molecule has 0 heterocycles. The van der Waals surface area contributed by atoms with Crippen LogP contribution in [0.25, 0.3) is 10.8 Å². The number of rotatable bonds is 7. The lowest BCUT2D eigenvalue weighted by atomic mass is 10.0. The van der Waals surface area contributed by atoms with Gasteiger partial charge in [0.25, 0.3) is 5.91 Å². The van der Waals surface area contributed by atoms with Crippen molar-refractivity contribution in [3.05, 3.63) is 84.2 Å². The largest absolute Gasteiger partial charge is 0.505 e. The van der Waals surface area contributed by atoms with Gasteiger partial charge in [0.05, 0.1) is 5.69 Å². The molecule has 0 aromatic heterocycles. The Morgan fingerprint density at radius 3 is 2.56 bits per heavy atom. The van der Waals surface area contributed by atoms with Crippen LogP contribution in [0.2, 0.25) is 0 Å². The second-order valence-electron chi connectivity index (χ2n) is 6.72. The van der Waals surface area contributed by atoms with Crippen molar-refractivity contribution in [2.24, 2.45) is 0 Å². The van der Waals surface area contributed by atoms with Crippen LogP contribution in [0.3, 0.4) is 0 Å². The molecule has 0 fully saturated rings. The molecule has 9 heteroatoms. The number of hydrogen-bond donors (Lipinski definition) is 4. The van der Waals surface area contributed by atoms with Gasteiger partial charge >= 0.3 is 6.09 Å². The van der Waals surface area contributed by atoms with Crippen LogP contribution in [0.15, 0.2) is 72.8 Å². The average Bonchev–Trinajstić information content (AvgIpc) is 2.80. The van der Waals surface area contributed by atoms with E-state index in [9.17, 15) is 19.1 Å². The lowest BCUT2D eigenvalue weighted by Gasteiger charge is -2.24. The molecule has 0 spiro atoms. The summed E-state index contributed by atoms with van der Waals surface area (Å²) in [6, 6.07) is 16.3. The van der Waals surface area contributed by atoms with Gasteiger partial charge in [0, 0.05) is 18.6 Å². The lowest BCUT2D eigenvalue weighted by Crippen LogP contribution is -2.27. The van der Waals surface area contributed by atoms with Crippen LogP contribution in [-0.4, -0.2) is 35.5 Å². The average molecular weight is 440 g/mol. The number of amides is 2. The number of phenols is 1. The first-order chi connectivity index (χ1) is 15.4. The van der Waals surface area contributed by atoms with Crippen molar-refractivity contribution < 1.29 is 33.8 Å². The van der Waals surface area contributed by atoms with Gasteiger partial charge < -0.3 is 14.6 Å². The third-order valence-electron chi connectivity index (χ3n) is 4.68. The standard InChI is InChI=1S/C23H21FN2O6/c1-31-20(11-12-21(28)26-30)22(15-9-10-19(27)17(24)13-15)32-23(29)25-18-8-4-6-14-5-2-3-7-16(14)18/h2-13,20,22,27,30H,1H3,(H,25,29)(H,26,28)/b12-11+/t20-,22-/m1/s1. The van der Waals surface area contributed by atoms with E-state index in [4.69, 9.17) is 14.7 Å². The summed E-state index contributed by atoms with van der Waals surface area (Å²) < 4.78 is 24.8. The Morgan fingerprint density at radius 1 is 1.09 bits per heavy atom. The SMILES string of the molecule is CO[C@H](/C=C/C(=O)NO)[C@H](OC(=O)Nc1cccc2ccccc12)c1ccc(O)c(F)c1. The molecule has 0 saturated carbocycles. The molecule has 0 radical (unpaired) electrons. The highest BCUT2D eigenvalue weighted by atomic mass is 19.1. The summed E-state index contributed by atoms with van der Waals surface area (Å²) in [7, 11) is 1.31. The van der Waals surface area contributed by atoms with E-state index < -0.39 is 35.8 Å². The quantitative estimate of drug-likeness (QED) is 0.250. The van der Waals surface area contributed by atoms with Crippen LogP contribution in [0.5, 0.6) is 5.75 Å². The first-order valence-electron chi connectivity index (χ1n) is 9.51. The maximum Gasteiger partial charge on any atom is 0.412 e. The van der Waals surface area contributed by atoms with E-state index in [-0.39, 0.29) is 5.56 Å². The molecule has 0 bridgehead atoms. The van der Waals surface area contributed by atoms with Gasteiger partial charge in [-0.3, -0.25) is 15.3 Å². The topological polar surface area (TPSA) is 117 Å². The Labute approximate surface area is 182 Å². The minimum absolute atomic E-state index is 0.175. The molecule has 166 valence electrons. The van der Waals surface area contributed by atoms with Crippen LogP contribution in [-0.2, 0) is 14.3 Å². The second-order valence-corrected chi connectivity index (χ2v) is 6.72. The third kappa shape index (κ3) is 5.39. The highest BCUT2D eigenvalue weighted by Gasteiger charge is 2.27. The maximum atomic E-state index is 14.0. The predicted molar refractivity (Wildman–Crippen MR) is 115 cm³/mol. The van der Waals surface area contributed by atoms with Crippen molar-refractivity contribution in [1.82, 2.24) is 5.48 Å². The number of hydrogen-bond acceptors (Lipinski definition) is 6. The molecule has 2 amide bonds. The minimum atomic E-state index is -1.19. The Balaban J connectivity index is 1.90. The molecule has 0 unspecified atom stereocenters. The van der Waals surface area contributed by atoms with E-state index in [1.165, 1.54) is 24.7 Å². The number of aromatic hydroxyl groups is 1. The summed E-state index contributed by atoms with van der Waals surface area (Å²) in [6.07, 6.45) is -0.833. The number of hydroxylamine groups is 1. The van der Waals surface area contributed by atoms with Gasteiger partial charge in [0.1, 0.15) is 6.10 Å². The van der Waals surface area contributed by atoms with Crippen LogP contribution in [0.1, 0.15) is 11.7 Å². The summed E-state index contributed by atoms with van der Waals surface area (Å²) >= 11 is 0. The fourth-order valence-corrected chi connectivity index (χ4v) is 3.14. The molecule has 0 aliphatic carbocycles. The zero-order chi connectivity index (χ0) is 23.1. The number of methoxy groups -OCH3 is 1. The van der Waals surface area contributed by atoms with Crippen molar-refractivity contribution in [3.8, 4) is 5.75 Å². The summed E-state index contributed by atoms with van der Waals surface area (Å²) in [4.78, 5) is 24.1. The van der Waals surface area contributed by atoms with Crippen LogP contribution >= 0.6 is 0 Å². The van der Waals surface area contributed by atoms with Crippen molar-refractivity contribution in [2.45, 2.75) is 12.2 Å². The van der Waals surface area contributed by atoms with E-state index in [1.807, 2.05) is 30.3 Å².